The van der Waals surface area contributed by atoms with Crippen LogP contribution >= 0.6 is 11.6 Å². The first-order chi connectivity index (χ1) is 9.62. The molecule has 0 N–H and O–H groups in total. The largest absolute Gasteiger partial charge is 0.354 e. The molecule has 1 aliphatic heterocycles. The third kappa shape index (κ3) is 4.10. The fraction of sp³-hybridized carbons (Fsp3) is 0.688. The molecule has 112 valence electrons. The van der Waals surface area contributed by atoms with Crippen molar-refractivity contribution in [2.24, 2.45) is 5.92 Å². The molecule has 0 aliphatic carbocycles. The minimum atomic E-state index is 0.565. The average Bonchev–Trinajstić information content (AvgIpc) is 2.46. The Kier molecular flexibility index (Phi) is 5.67. The standard InChI is InChI=1S/C16H26ClN3/c1-4-15-9-14(11-17)10-16(18-15)20-7-5-19(6-8-20)12-13(2)3/h9-10,13H,4-8,11-12H2,1-3H3. The Labute approximate surface area is 127 Å². The number of piperazine rings is 1. The minimum Gasteiger partial charge on any atom is -0.354 e. The van der Waals surface area contributed by atoms with Gasteiger partial charge < -0.3 is 4.90 Å². The molecule has 4 heteroatoms. The van der Waals surface area contributed by atoms with Crippen LogP contribution < -0.4 is 4.90 Å². The molecule has 1 saturated heterocycles. The Morgan fingerprint density at radius 3 is 2.45 bits per heavy atom. The molecule has 1 fully saturated rings. The second kappa shape index (κ2) is 7.28. The molecule has 2 heterocycles. The van der Waals surface area contributed by atoms with Crippen LogP contribution in [0, 0.1) is 5.92 Å². The zero-order chi connectivity index (χ0) is 14.5. The summed E-state index contributed by atoms with van der Waals surface area (Å²) in [4.78, 5) is 9.70. The van der Waals surface area contributed by atoms with Crippen molar-refractivity contribution < 1.29 is 0 Å². The maximum atomic E-state index is 5.99. The van der Waals surface area contributed by atoms with Crippen LogP contribution in [-0.4, -0.2) is 42.6 Å². The van der Waals surface area contributed by atoms with E-state index in [1.807, 2.05) is 0 Å². The summed E-state index contributed by atoms with van der Waals surface area (Å²) in [5.41, 5.74) is 2.32. The highest BCUT2D eigenvalue weighted by molar-refractivity contribution is 6.17. The minimum absolute atomic E-state index is 0.565. The number of alkyl halides is 1. The average molecular weight is 296 g/mol. The van der Waals surface area contributed by atoms with Crippen molar-refractivity contribution in [1.82, 2.24) is 9.88 Å². The van der Waals surface area contributed by atoms with Crippen LogP contribution in [-0.2, 0) is 12.3 Å². The highest BCUT2D eigenvalue weighted by atomic mass is 35.5. The summed E-state index contributed by atoms with van der Waals surface area (Å²) in [6.45, 7) is 12.3. The summed E-state index contributed by atoms with van der Waals surface area (Å²) in [5.74, 6) is 2.41. The van der Waals surface area contributed by atoms with Crippen molar-refractivity contribution in [2.75, 3.05) is 37.6 Å². The normalized spacial score (nSPS) is 16.9. The van der Waals surface area contributed by atoms with E-state index in [1.54, 1.807) is 0 Å². The zero-order valence-corrected chi connectivity index (χ0v) is 13.7. The molecular weight excluding hydrogens is 270 g/mol. The van der Waals surface area contributed by atoms with Crippen molar-refractivity contribution in [3.63, 3.8) is 0 Å². The van der Waals surface area contributed by atoms with Gasteiger partial charge in [-0.1, -0.05) is 20.8 Å². The van der Waals surface area contributed by atoms with Crippen molar-refractivity contribution in [3.8, 4) is 0 Å². The molecule has 2 rings (SSSR count). The van der Waals surface area contributed by atoms with E-state index in [-0.39, 0.29) is 0 Å². The van der Waals surface area contributed by atoms with Gasteiger partial charge in [0.2, 0.25) is 0 Å². The van der Waals surface area contributed by atoms with Crippen molar-refractivity contribution >= 4 is 17.4 Å². The quantitative estimate of drug-likeness (QED) is 0.778. The fourth-order valence-corrected chi connectivity index (χ4v) is 2.88. The SMILES string of the molecule is CCc1cc(CCl)cc(N2CCN(CC(C)C)CC2)n1. The lowest BCUT2D eigenvalue weighted by molar-refractivity contribution is 0.231. The van der Waals surface area contributed by atoms with Crippen LogP contribution in [0.25, 0.3) is 0 Å². The second-order valence-corrected chi connectivity index (χ2v) is 6.26. The maximum Gasteiger partial charge on any atom is 0.129 e. The summed E-state index contributed by atoms with van der Waals surface area (Å²) in [5, 5.41) is 0. The molecule has 3 nitrogen and oxygen atoms in total. The highest BCUT2D eigenvalue weighted by Crippen LogP contribution is 2.19. The van der Waals surface area contributed by atoms with Crippen LogP contribution in [0.15, 0.2) is 12.1 Å². The van der Waals surface area contributed by atoms with Crippen molar-refractivity contribution in [3.05, 3.63) is 23.4 Å². The smallest absolute Gasteiger partial charge is 0.129 e. The Morgan fingerprint density at radius 2 is 1.90 bits per heavy atom. The molecule has 0 atom stereocenters. The topological polar surface area (TPSA) is 19.4 Å². The second-order valence-electron chi connectivity index (χ2n) is 5.99. The molecule has 20 heavy (non-hydrogen) atoms. The first kappa shape index (κ1) is 15.6. The number of hydrogen-bond acceptors (Lipinski definition) is 3. The van der Waals surface area contributed by atoms with E-state index in [0.717, 1.165) is 50.0 Å². The predicted octanol–water partition coefficient (Wildman–Crippen LogP) is 3.16. The highest BCUT2D eigenvalue weighted by Gasteiger charge is 2.19. The molecule has 1 aliphatic rings. The molecule has 0 amide bonds. The van der Waals surface area contributed by atoms with E-state index in [1.165, 1.54) is 12.1 Å². The Hall–Kier alpha value is -0.800. The Bertz CT molecular complexity index is 403. The van der Waals surface area contributed by atoms with Crippen molar-refractivity contribution in [2.45, 2.75) is 33.1 Å². The molecule has 0 spiro atoms. The van der Waals surface area contributed by atoms with E-state index in [2.05, 4.69) is 42.7 Å². The van der Waals surface area contributed by atoms with Gasteiger partial charge in [0.25, 0.3) is 0 Å². The first-order valence-electron chi connectivity index (χ1n) is 7.65. The Morgan fingerprint density at radius 1 is 1.20 bits per heavy atom. The summed E-state index contributed by atoms with van der Waals surface area (Å²) in [6, 6.07) is 4.26. The number of halogens is 1. The van der Waals surface area contributed by atoms with Gasteiger partial charge in [0, 0.05) is 44.3 Å². The lowest BCUT2D eigenvalue weighted by atomic mass is 10.1. The number of anilines is 1. The number of nitrogens with zero attached hydrogens (tertiary/aromatic N) is 3. The lowest BCUT2D eigenvalue weighted by Crippen LogP contribution is -2.47. The van der Waals surface area contributed by atoms with Crippen LogP contribution in [0.5, 0.6) is 0 Å². The number of hydrogen-bond donors (Lipinski definition) is 0. The molecule has 0 saturated carbocycles. The summed E-state index contributed by atoms with van der Waals surface area (Å²) < 4.78 is 0. The van der Waals surface area contributed by atoms with Gasteiger partial charge in [0.15, 0.2) is 0 Å². The first-order valence-corrected chi connectivity index (χ1v) is 8.19. The third-order valence-corrected chi connectivity index (χ3v) is 4.07. The van der Waals surface area contributed by atoms with Gasteiger partial charge >= 0.3 is 0 Å². The molecule has 1 aromatic heterocycles. The fourth-order valence-electron chi connectivity index (χ4n) is 2.73. The molecule has 1 aromatic rings. The van der Waals surface area contributed by atoms with Crippen LogP contribution in [0.1, 0.15) is 32.0 Å². The van der Waals surface area contributed by atoms with Crippen LogP contribution in [0.4, 0.5) is 5.82 Å². The van der Waals surface area contributed by atoms with Gasteiger partial charge in [-0.25, -0.2) is 4.98 Å². The van der Waals surface area contributed by atoms with E-state index in [4.69, 9.17) is 16.6 Å². The molecule has 0 radical (unpaired) electrons. The zero-order valence-electron chi connectivity index (χ0n) is 12.9. The maximum absolute atomic E-state index is 5.99. The number of aromatic nitrogens is 1. The molecule has 0 bridgehead atoms. The summed E-state index contributed by atoms with van der Waals surface area (Å²) in [7, 11) is 0. The van der Waals surface area contributed by atoms with E-state index in [0.29, 0.717) is 5.88 Å². The van der Waals surface area contributed by atoms with E-state index in [9.17, 15) is 0 Å². The molecular formula is C16H26ClN3. The van der Waals surface area contributed by atoms with Gasteiger partial charge in [-0.2, -0.15) is 0 Å². The monoisotopic (exact) mass is 295 g/mol. The number of aryl methyl sites for hydroxylation is 1. The van der Waals surface area contributed by atoms with Gasteiger partial charge in [-0.05, 0) is 30.0 Å². The van der Waals surface area contributed by atoms with Crippen LogP contribution in [0.3, 0.4) is 0 Å². The van der Waals surface area contributed by atoms with Gasteiger partial charge in [0.05, 0.1) is 0 Å². The lowest BCUT2D eigenvalue weighted by Gasteiger charge is -2.36. The van der Waals surface area contributed by atoms with Gasteiger partial charge in [-0.15, -0.1) is 11.6 Å². The third-order valence-electron chi connectivity index (χ3n) is 3.76. The molecule has 0 unspecified atom stereocenters. The van der Waals surface area contributed by atoms with Gasteiger partial charge in [-0.3, -0.25) is 4.90 Å². The number of rotatable bonds is 5. The Balaban J connectivity index is 2.02. The van der Waals surface area contributed by atoms with Gasteiger partial charge in [0.1, 0.15) is 5.82 Å². The van der Waals surface area contributed by atoms with E-state index < -0.39 is 0 Å². The summed E-state index contributed by atoms with van der Waals surface area (Å²) in [6.07, 6.45) is 0.963. The number of pyridine rings is 1. The summed E-state index contributed by atoms with van der Waals surface area (Å²) >= 11 is 5.99. The van der Waals surface area contributed by atoms with Crippen LogP contribution in [0.2, 0.25) is 0 Å². The molecule has 0 aromatic carbocycles. The van der Waals surface area contributed by atoms with E-state index >= 15 is 0 Å². The van der Waals surface area contributed by atoms with Crippen molar-refractivity contribution in [1.29, 1.82) is 0 Å². The predicted molar refractivity (Wildman–Crippen MR) is 86.7 cm³/mol.